The third-order valence-corrected chi connectivity index (χ3v) is 14.2. The molecule has 0 N–H and O–H groups in total. The van der Waals surface area contributed by atoms with E-state index in [9.17, 15) is 0 Å². The molecule has 0 atom stereocenters. The molecule has 1 heterocycles. The Morgan fingerprint density at radius 2 is 0.879 bits per heavy atom. The predicted molar refractivity (Wildman–Crippen MR) is 291 cm³/mol. The van der Waals surface area contributed by atoms with Gasteiger partial charge in [0.2, 0.25) is 0 Å². The number of aryl methyl sites for hydroxylation is 2. The second-order valence-electron chi connectivity index (χ2n) is 21.7. The van der Waals surface area contributed by atoms with Crippen LogP contribution in [0.15, 0.2) is 140 Å². The van der Waals surface area contributed by atoms with Crippen LogP contribution in [0, 0.1) is 6.07 Å². The molecule has 66 heavy (non-hydrogen) atoms. The maximum Gasteiger partial charge on any atom is 0.0920 e. The number of hydrogen-bond donors (Lipinski definition) is 0. The van der Waals surface area contributed by atoms with Crippen molar-refractivity contribution in [2.75, 3.05) is 0 Å². The molecule has 4 heteroatoms. The third kappa shape index (κ3) is 11.7. The van der Waals surface area contributed by atoms with Crippen LogP contribution in [-0.2, 0) is 55.3 Å². The molecule has 0 nitrogen and oxygen atoms in total. The monoisotopic (exact) mass is 1000 g/mol. The van der Waals surface area contributed by atoms with Crippen LogP contribution in [0.3, 0.4) is 0 Å². The van der Waals surface area contributed by atoms with Crippen LogP contribution in [0.2, 0.25) is 0 Å². The fraction of sp³-hybridized carbons (Fsp3) is 0.323. The molecule has 8 aromatic rings. The Morgan fingerprint density at radius 3 is 1.29 bits per heavy atom. The van der Waals surface area contributed by atoms with Crippen molar-refractivity contribution in [1.29, 1.82) is 0 Å². The van der Waals surface area contributed by atoms with Crippen molar-refractivity contribution in [2.45, 2.75) is 131 Å². The zero-order chi connectivity index (χ0) is 48.2. The Labute approximate surface area is 419 Å². The van der Waals surface area contributed by atoms with Crippen molar-refractivity contribution in [2.24, 2.45) is 0 Å². The molecule has 9 rings (SSSR count). The Hall–Kier alpha value is -3.78. The van der Waals surface area contributed by atoms with Gasteiger partial charge in [-0.3, -0.25) is 0 Å². The van der Waals surface area contributed by atoms with Crippen molar-refractivity contribution in [3.63, 3.8) is 0 Å². The van der Waals surface area contributed by atoms with E-state index in [4.69, 9.17) is 17.0 Å². The van der Waals surface area contributed by atoms with Gasteiger partial charge in [-0.05, 0) is 56.8 Å². The summed E-state index contributed by atoms with van der Waals surface area (Å²) in [6.07, 6.45) is 2.12. The van der Waals surface area contributed by atoms with Crippen molar-refractivity contribution >= 4 is 58.5 Å². The third-order valence-electron chi connectivity index (χ3n) is 12.8. The fourth-order valence-corrected chi connectivity index (χ4v) is 10.4. The molecule has 2 radical (unpaired) electrons. The van der Waals surface area contributed by atoms with E-state index in [1.54, 1.807) is 0 Å². The quantitative estimate of drug-likeness (QED) is 0.122. The van der Waals surface area contributed by atoms with Gasteiger partial charge < -0.3 is 0 Å². The number of rotatable bonds is 4. The number of hydrogen-bond acceptors (Lipinski definition) is 0. The van der Waals surface area contributed by atoms with Crippen LogP contribution in [-0.4, -0.2) is 9.52 Å². The number of fused-ring (bicyclic) bond motifs is 5. The van der Waals surface area contributed by atoms with E-state index in [1.807, 2.05) is 6.07 Å². The standard InChI is InChI=1S/2C25H31.C12H7Si.2ClH.Zr/c2*1-8-17-11-9-10-12-20(17)23-21-16-19(24(2,3)4)15-18(21)13-14-22(23)25(5,6)7;1-3-7-11-9(5-1)10-6-2-4-8-12(10)13-11;;;/h2*9-16H,8H2,1-7H3;1-7H;2*1H;/q3*-1;;;+2/p-2. The second-order valence-corrected chi connectivity index (χ2v) is 26.7. The zero-order valence-electron chi connectivity index (χ0n) is 41.9. The summed E-state index contributed by atoms with van der Waals surface area (Å²) in [5.74, 6) is 0. The summed E-state index contributed by atoms with van der Waals surface area (Å²) < 4.78 is 0. The first kappa shape index (κ1) is 51.6. The average molecular weight is 1000 g/mol. The summed E-state index contributed by atoms with van der Waals surface area (Å²) in [4.78, 5) is 0. The van der Waals surface area contributed by atoms with Crippen LogP contribution < -0.4 is 10.4 Å². The van der Waals surface area contributed by atoms with Crippen molar-refractivity contribution in [1.82, 2.24) is 0 Å². The summed E-state index contributed by atoms with van der Waals surface area (Å²) in [6, 6.07) is 54.9. The van der Waals surface area contributed by atoms with Gasteiger partial charge in [0.25, 0.3) is 0 Å². The maximum atomic E-state index is 4.93. The van der Waals surface area contributed by atoms with Gasteiger partial charge in [-0.2, -0.15) is 41.6 Å². The Bertz CT molecular complexity index is 2700. The average Bonchev–Trinajstić information content (AvgIpc) is 4.02. The first-order valence-electron chi connectivity index (χ1n) is 23.6. The van der Waals surface area contributed by atoms with Crippen LogP contribution in [0.25, 0.3) is 54.9 Å². The largest absolute Gasteiger partial charge is 0.184 e. The minimum Gasteiger partial charge on any atom is -0.184 e. The normalized spacial score (nSPS) is 12.3. The van der Waals surface area contributed by atoms with Gasteiger partial charge >= 0.3 is 37.9 Å². The van der Waals surface area contributed by atoms with Crippen molar-refractivity contribution in [3.8, 4) is 33.4 Å². The SMILES string of the molecule is CCc1ccccc1-c1c(C(C)(C)C)ccc2[cH-]c(C(C)(C)C)cc12.CCc1ccccc1-c1c(C(C)(C)C)ccc2[cH-]c(C(C)(C)C)cc12.[Cl][Zr][Cl].[c-]1cccc2c1[Si]c1ccccc1-2. The van der Waals surface area contributed by atoms with Gasteiger partial charge in [0.05, 0.1) is 9.52 Å². The smallest absolute Gasteiger partial charge is 0.0920 e. The molecule has 342 valence electrons. The topological polar surface area (TPSA) is 0 Å². The van der Waals surface area contributed by atoms with Crippen molar-refractivity contribution in [3.05, 3.63) is 179 Å². The van der Waals surface area contributed by atoms with E-state index in [1.165, 1.54) is 98.7 Å². The van der Waals surface area contributed by atoms with Crippen LogP contribution in [0.1, 0.15) is 130 Å². The van der Waals surface area contributed by atoms with Gasteiger partial charge in [0, 0.05) is 0 Å². The van der Waals surface area contributed by atoms with E-state index in [0.717, 1.165) is 22.4 Å². The molecule has 0 saturated heterocycles. The van der Waals surface area contributed by atoms with E-state index >= 15 is 0 Å². The summed E-state index contributed by atoms with van der Waals surface area (Å²) >= 11 is -0.826. The molecule has 0 spiro atoms. The van der Waals surface area contributed by atoms with Crippen LogP contribution >= 0.6 is 17.0 Å². The molecule has 0 fully saturated rings. The van der Waals surface area contributed by atoms with Gasteiger partial charge in [0.15, 0.2) is 0 Å². The summed E-state index contributed by atoms with van der Waals surface area (Å²) in [7, 11) is 10.7. The van der Waals surface area contributed by atoms with Crippen molar-refractivity contribution < 1.29 is 20.8 Å². The van der Waals surface area contributed by atoms with Crippen LogP contribution in [0.4, 0.5) is 0 Å². The first-order valence-corrected chi connectivity index (χ1v) is 30.9. The minimum absolute atomic E-state index is 0.115. The zero-order valence-corrected chi connectivity index (χ0v) is 46.9. The molecule has 0 amide bonds. The maximum absolute atomic E-state index is 4.93. The minimum atomic E-state index is -0.826. The molecule has 0 bridgehead atoms. The molecular weight excluding hydrogens is 935 g/mol. The summed E-state index contributed by atoms with van der Waals surface area (Å²) in [5, 5.41) is 8.35. The molecule has 8 aromatic carbocycles. The first-order chi connectivity index (χ1) is 31.1. The predicted octanol–water partition coefficient (Wildman–Crippen LogP) is 17.3. The molecular formula is C62H69Cl2SiZr-3. The summed E-state index contributed by atoms with van der Waals surface area (Å²) in [6.45, 7) is 32.2. The Balaban J connectivity index is 0.000000166. The second kappa shape index (κ2) is 21.2. The molecule has 1 aliphatic rings. The number of benzene rings is 6. The Kier molecular flexibility index (Phi) is 16.6. The van der Waals surface area contributed by atoms with E-state index in [2.05, 4.69) is 236 Å². The van der Waals surface area contributed by atoms with Crippen LogP contribution in [0.5, 0.6) is 0 Å². The van der Waals surface area contributed by atoms with Gasteiger partial charge in [-0.25, -0.2) is 0 Å². The van der Waals surface area contributed by atoms with E-state index < -0.39 is 20.8 Å². The van der Waals surface area contributed by atoms with E-state index in [0.29, 0.717) is 0 Å². The van der Waals surface area contributed by atoms with Gasteiger partial charge in [-0.1, -0.05) is 203 Å². The van der Waals surface area contributed by atoms with E-state index in [-0.39, 0.29) is 21.7 Å². The molecule has 0 saturated carbocycles. The molecule has 0 unspecified atom stereocenters. The molecule has 0 aliphatic carbocycles. The Morgan fingerprint density at radius 1 is 0.485 bits per heavy atom. The van der Waals surface area contributed by atoms with Gasteiger partial charge in [-0.15, -0.1) is 74.6 Å². The molecule has 1 aliphatic heterocycles. The molecule has 0 aromatic heterocycles. The fourth-order valence-electron chi connectivity index (χ4n) is 9.13. The summed E-state index contributed by atoms with van der Waals surface area (Å²) in [5.41, 5.74) is 17.6. The van der Waals surface area contributed by atoms with Gasteiger partial charge in [0.1, 0.15) is 0 Å². The number of halogens is 2.